The Kier molecular flexibility index (Phi) is 6.46. The summed E-state index contributed by atoms with van der Waals surface area (Å²) in [6.45, 7) is 4.11. The third kappa shape index (κ3) is 5.05. The molecular formula is C23H24ClN7O2S. The van der Waals surface area contributed by atoms with Crippen molar-refractivity contribution in [1.29, 1.82) is 0 Å². The number of rotatable bonds is 6. The SMILES string of the molecule is Cn1nc(-c2ccc(Cl)cc2)cc1NC(=O)CN1CCN(Cc2cc(=O)n3ccsc3n2)CC1. The van der Waals surface area contributed by atoms with Gasteiger partial charge < -0.3 is 5.32 Å². The Hall–Kier alpha value is -3.05. The van der Waals surface area contributed by atoms with E-state index in [2.05, 4.69) is 25.2 Å². The van der Waals surface area contributed by atoms with E-state index in [9.17, 15) is 9.59 Å². The van der Waals surface area contributed by atoms with Gasteiger partial charge in [0.25, 0.3) is 5.56 Å². The van der Waals surface area contributed by atoms with Gasteiger partial charge >= 0.3 is 0 Å². The summed E-state index contributed by atoms with van der Waals surface area (Å²) < 4.78 is 3.23. The molecule has 0 saturated carbocycles. The second kappa shape index (κ2) is 9.67. The van der Waals surface area contributed by atoms with E-state index >= 15 is 0 Å². The molecule has 1 aliphatic heterocycles. The Morgan fingerprint density at radius 3 is 2.62 bits per heavy atom. The van der Waals surface area contributed by atoms with Crippen molar-refractivity contribution in [1.82, 2.24) is 29.0 Å². The molecule has 0 radical (unpaired) electrons. The highest BCUT2D eigenvalue weighted by atomic mass is 35.5. The Labute approximate surface area is 205 Å². The lowest BCUT2D eigenvalue weighted by atomic mass is 10.1. The van der Waals surface area contributed by atoms with Crippen molar-refractivity contribution in [3.05, 3.63) is 69.0 Å². The van der Waals surface area contributed by atoms with Gasteiger partial charge in [-0.2, -0.15) is 5.10 Å². The largest absolute Gasteiger partial charge is 0.310 e. The van der Waals surface area contributed by atoms with Crippen LogP contribution in [0.15, 0.2) is 52.8 Å². The minimum Gasteiger partial charge on any atom is -0.310 e. The maximum atomic E-state index is 12.7. The smallest absolute Gasteiger partial charge is 0.258 e. The predicted octanol–water partition coefficient (Wildman–Crippen LogP) is 2.57. The van der Waals surface area contributed by atoms with E-state index in [1.165, 1.54) is 11.3 Å². The number of amides is 1. The van der Waals surface area contributed by atoms with Crippen molar-refractivity contribution in [2.45, 2.75) is 6.54 Å². The van der Waals surface area contributed by atoms with Gasteiger partial charge in [-0.15, -0.1) is 11.3 Å². The fourth-order valence-corrected chi connectivity index (χ4v) is 4.90. The number of aromatic nitrogens is 4. The van der Waals surface area contributed by atoms with E-state index in [4.69, 9.17) is 11.6 Å². The third-order valence-corrected chi connectivity index (χ3v) is 6.87. The maximum absolute atomic E-state index is 12.7. The first kappa shape index (κ1) is 22.7. The van der Waals surface area contributed by atoms with Crippen LogP contribution in [0.3, 0.4) is 0 Å². The zero-order chi connectivity index (χ0) is 23.7. The van der Waals surface area contributed by atoms with Gasteiger partial charge in [0.1, 0.15) is 5.82 Å². The number of hydrogen-bond acceptors (Lipinski definition) is 7. The van der Waals surface area contributed by atoms with Gasteiger partial charge in [0, 0.05) is 74.1 Å². The Morgan fingerprint density at radius 2 is 1.85 bits per heavy atom. The minimum atomic E-state index is -0.0723. The molecule has 4 aromatic rings. The molecule has 1 aliphatic rings. The number of piperazine rings is 1. The summed E-state index contributed by atoms with van der Waals surface area (Å²) in [6, 6.07) is 10.9. The highest BCUT2D eigenvalue weighted by Gasteiger charge is 2.20. The topological polar surface area (TPSA) is 87.8 Å². The molecule has 0 unspecified atom stereocenters. The summed E-state index contributed by atoms with van der Waals surface area (Å²) in [7, 11) is 1.81. The van der Waals surface area contributed by atoms with E-state index < -0.39 is 0 Å². The van der Waals surface area contributed by atoms with Crippen LogP contribution in [-0.2, 0) is 18.4 Å². The molecule has 1 saturated heterocycles. The summed E-state index contributed by atoms with van der Waals surface area (Å²) in [5, 5.41) is 9.99. The van der Waals surface area contributed by atoms with E-state index in [-0.39, 0.29) is 11.5 Å². The van der Waals surface area contributed by atoms with Gasteiger partial charge in [0.2, 0.25) is 5.91 Å². The minimum absolute atomic E-state index is 0.0501. The molecule has 34 heavy (non-hydrogen) atoms. The lowest BCUT2D eigenvalue weighted by molar-refractivity contribution is -0.117. The van der Waals surface area contributed by atoms with Crippen LogP contribution in [0.25, 0.3) is 16.2 Å². The summed E-state index contributed by atoms with van der Waals surface area (Å²) >= 11 is 7.42. The molecule has 3 aromatic heterocycles. The average Bonchev–Trinajstić information content (AvgIpc) is 3.43. The van der Waals surface area contributed by atoms with E-state index in [0.717, 1.165) is 43.1 Å². The Bertz CT molecular complexity index is 1370. The molecule has 0 aliphatic carbocycles. The lowest BCUT2D eigenvalue weighted by Gasteiger charge is -2.34. The average molecular weight is 498 g/mol. The fourth-order valence-electron chi connectivity index (χ4n) is 4.03. The number of nitrogens with zero attached hydrogens (tertiary/aromatic N) is 6. The zero-order valence-corrected chi connectivity index (χ0v) is 20.2. The van der Waals surface area contributed by atoms with Crippen LogP contribution in [0, 0.1) is 0 Å². The molecule has 0 bridgehead atoms. The van der Waals surface area contributed by atoms with E-state index in [1.54, 1.807) is 28.4 Å². The maximum Gasteiger partial charge on any atom is 0.258 e. The van der Waals surface area contributed by atoms with E-state index in [0.29, 0.717) is 28.9 Å². The molecule has 1 N–H and O–H groups in total. The number of nitrogens with one attached hydrogen (secondary N) is 1. The highest BCUT2D eigenvalue weighted by molar-refractivity contribution is 7.15. The van der Waals surface area contributed by atoms with Crippen molar-refractivity contribution in [3.63, 3.8) is 0 Å². The molecule has 9 nitrogen and oxygen atoms in total. The summed E-state index contributed by atoms with van der Waals surface area (Å²) in [5.41, 5.74) is 2.45. The van der Waals surface area contributed by atoms with Gasteiger partial charge in [-0.05, 0) is 12.1 Å². The molecule has 1 fully saturated rings. The van der Waals surface area contributed by atoms with Crippen LogP contribution in [0.5, 0.6) is 0 Å². The molecule has 11 heteroatoms. The van der Waals surface area contributed by atoms with Crippen molar-refractivity contribution in [2.24, 2.45) is 7.05 Å². The quantitative estimate of drug-likeness (QED) is 0.440. The predicted molar refractivity (Wildman–Crippen MR) is 133 cm³/mol. The number of carbonyl (C=O) groups is 1. The Morgan fingerprint density at radius 1 is 1.12 bits per heavy atom. The van der Waals surface area contributed by atoms with Gasteiger partial charge in [-0.25, -0.2) is 4.98 Å². The van der Waals surface area contributed by atoms with Crippen molar-refractivity contribution in [2.75, 3.05) is 38.0 Å². The summed E-state index contributed by atoms with van der Waals surface area (Å²) in [6.07, 6.45) is 1.74. The van der Waals surface area contributed by atoms with Crippen LogP contribution in [-0.4, -0.2) is 67.6 Å². The molecule has 5 rings (SSSR count). The number of thiazole rings is 1. The first-order valence-electron chi connectivity index (χ1n) is 10.9. The third-order valence-electron chi connectivity index (χ3n) is 5.86. The van der Waals surface area contributed by atoms with Gasteiger partial charge in [0.05, 0.1) is 17.9 Å². The fraction of sp³-hybridized carbons (Fsp3) is 0.304. The van der Waals surface area contributed by atoms with Crippen molar-refractivity contribution < 1.29 is 4.79 Å². The van der Waals surface area contributed by atoms with Gasteiger partial charge in [-0.3, -0.25) is 28.5 Å². The molecule has 0 atom stereocenters. The molecule has 176 valence electrons. The molecular weight excluding hydrogens is 474 g/mol. The molecule has 1 aromatic carbocycles. The zero-order valence-electron chi connectivity index (χ0n) is 18.6. The van der Waals surface area contributed by atoms with Crippen molar-refractivity contribution in [3.8, 4) is 11.3 Å². The number of fused-ring (bicyclic) bond motifs is 1. The van der Waals surface area contributed by atoms with Crippen molar-refractivity contribution >= 4 is 39.6 Å². The molecule has 0 spiro atoms. The van der Waals surface area contributed by atoms with Crippen LogP contribution in [0.4, 0.5) is 5.82 Å². The first-order chi connectivity index (χ1) is 16.4. The number of benzene rings is 1. The summed E-state index contributed by atoms with van der Waals surface area (Å²) in [5.74, 6) is 0.576. The second-order valence-corrected chi connectivity index (χ2v) is 9.60. The molecule has 1 amide bonds. The van der Waals surface area contributed by atoms with Crippen LogP contribution in [0.2, 0.25) is 5.02 Å². The first-order valence-corrected chi connectivity index (χ1v) is 12.2. The number of carbonyl (C=O) groups excluding carboxylic acids is 1. The van der Waals surface area contributed by atoms with Crippen LogP contribution >= 0.6 is 22.9 Å². The molecule has 4 heterocycles. The van der Waals surface area contributed by atoms with Crippen LogP contribution in [0.1, 0.15) is 5.69 Å². The highest BCUT2D eigenvalue weighted by Crippen LogP contribution is 2.23. The number of hydrogen-bond donors (Lipinski definition) is 1. The van der Waals surface area contributed by atoms with Gasteiger partial charge in [0.15, 0.2) is 4.96 Å². The Balaban J connectivity index is 1.13. The number of anilines is 1. The standard InChI is InChI=1S/C23H24ClN7O2S/c1-28-20(13-19(27-28)16-2-4-17(24)5-3-16)26-21(32)15-30-8-6-29(7-9-30)14-18-12-22(33)31-10-11-34-23(31)25-18/h2-5,10-13H,6-9,14-15H2,1H3,(H,26,32). The van der Waals surface area contributed by atoms with Crippen LogP contribution < -0.4 is 10.9 Å². The monoisotopic (exact) mass is 497 g/mol. The van der Waals surface area contributed by atoms with E-state index in [1.807, 2.05) is 35.7 Å². The van der Waals surface area contributed by atoms with Gasteiger partial charge in [-0.1, -0.05) is 23.7 Å². The second-order valence-electron chi connectivity index (χ2n) is 8.29. The lowest BCUT2D eigenvalue weighted by Crippen LogP contribution is -2.48. The number of aryl methyl sites for hydroxylation is 1. The normalized spacial score (nSPS) is 15.1. The summed E-state index contributed by atoms with van der Waals surface area (Å²) in [4.78, 5) is 34.6. The number of halogens is 1.